The van der Waals surface area contributed by atoms with Crippen LogP contribution in [0.2, 0.25) is 0 Å². The highest BCUT2D eigenvalue weighted by Crippen LogP contribution is 2.36. The maximum absolute atomic E-state index is 12.6. The van der Waals surface area contributed by atoms with Gasteiger partial charge in [-0.25, -0.2) is 14.6 Å². The van der Waals surface area contributed by atoms with E-state index in [1.165, 1.54) is 36.6 Å². The monoisotopic (exact) mass is 560 g/mol. The summed E-state index contributed by atoms with van der Waals surface area (Å²) in [5.74, 6) is -0.998. The summed E-state index contributed by atoms with van der Waals surface area (Å²) in [6, 6.07) is 11.5. The first kappa shape index (κ1) is 21.7. The van der Waals surface area contributed by atoms with E-state index in [9.17, 15) is 19.7 Å². The van der Waals surface area contributed by atoms with E-state index in [-0.39, 0.29) is 28.6 Å². The number of non-ortho nitro benzene ring substituents is 1. The maximum Gasteiger partial charge on any atom is 0.363 e. The number of cyclic esters (lactones) is 1. The van der Waals surface area contributed by atoms with Gasteiger partial charge in [0.1, 0.15) is 0 Å². The molecule has 3 aromatic rings. The maximum atomic E-state index is 12.6. The number of aliphatic imine (C=N–C) groups is 1. The smallest absolute Gasteiger partial charge is 0.363 e. The molecule has 0 saturated heterocycles. The highest BCUT2D eigenvalue weighted by atomic mass is 79.9. The van der Waals surface area contributed by atoms with Crippen molar-refractivity contribution in [1.82, 2.24) is 0 Å². The quantitative estimate of drug-likeness (QED) is 0.137. The van der Waals surface area contributed by atoms with Gasteiger partial charge in [-0.2, -0.15) is 0 Å². The molecular formula is C21H10Br2N2O7. The second-order valence-corrected chi connectivity index (χ2v) is 8.08. The van der Waals surface area contributed by atoms with Crippen LogP contribution in [0, 0.1) is 10.1 Å². The van der Waals surface area contributed by atoms with Crippen LogP contribution in [0.1, 0.15) is 21.7 Å². The average Bonchev–Trinajstić information content (AvgIpc) is 3.41. The molecule has 1 aliphatic rings. The third kappa shape index (κ3) is 4.53. The molecule has 160 valence electrons. The summed E-state index contributed by atoms with van der Waals surface area (Å²) in [5.41, 5.74) is 0.302. The third-order valence-electron chi connectivity index (χ3n) is 4.19. The Labute approximate surface area is 196 Å². The lowest BCUT2D eigenvalue weighted by Gasteiger charge is -2.11. The van der Waals surface area contributed by atoms with Crippen LogP contribution in [-0.4, -0.2) is 22.8 Å². The summed E-state index contributed by atoms with van der Waals surface area (Å²) in [6.07, 6.45) is 2.83. The van der Waals surface area contributed by atoms with Crippen molar-refractivity contribution in [3.63, 3.8) is 0 Å². The van der Waals surface area contributed by atoms with Crippen molar-refractivity contribution in [3.8, 4) is 5.75 Å². The van der Waals surface area contributed by atoms with Gasteiger partial charge in [-0.05, 0) is 58.4 Å². The molecule has 0 aliphatic carbocycles. The number of hydrogen-bond donors (Lipinski definition) is 0. The average molecular weight is 562 g/mol. The number of benzene rings is 2. The molecule has 0 N–H and O–H groups in total. The first-order valence-electron chi connectivity index (χ1n) is 8.84. The number of nitro groups is 1. The molecule has 1 aromatic heterocycles. The number of rotatable bonds is 5. The first-order chi connectivity index (χ1) is 15.3. The van der Waals surface area contributed by atoms with Crippen molar-refractivity contribution < 1.29 is 28.4 Å². The number of furan rings is 1. The molecule has 0 unspecified atom stereocenters. The van der Waals surface area contributed by atoms with Crippen LogP contribution in [0.5, 0.6) is 5.75 Å². The molecule has 2 aromatic carbocycles. The van der Waals surface area contributed by atoms with E-state index in [0.29, 0.717) is 20.3 Å². The normalized spacial score (nSPS) is 14.2. The fourth-order valence-electron chi connectivity index (χ4n) is 2.73. The van der Waals surface area contributed by atoms with Crippen molar-refractivity contribution in [2.24, 2.45) is 4.99 Å². The lowest BCUT2D eigenvalue weighted by Crippen LogP contribution is -2.10. The van der Waals surface area contributed by atoms with Gasteiger partial charge in [0, 0.05) is 22.2 Å². The summed E-state index contributed by atoms with van der Waals surface area (Å²) < 4.78 is 16.9. The van der Waals surface area contributed by atoms with Crippen molar-refractivity contribution in [3.05, 3.63) is 96.4 Å². The van der Waals surface area contributed by atoms with Gasteiger partial charge in [0.15, 0.2) is 17.2 Å². The van der Waals surface area contributed by atoms with Crippen molar-refractivity contribution in [1.29, 1.82) is 0 Å². The molecule has 0 spiro atoms. The molecule has 0 amide bonds. The molecule has 2 heterocycles. The Morgan fingerprint density at radius 1 is 1.16 bits per heavy atom. The number of halogens is 2. The highest BCUT2D eigenvalue weighted by Gasteiger charge is 2.27. The van der Waals surface area contributed by atoms with Crippen molar-refractivity contribution >= 4 is 61.5 Å². The molecule has 0 radical (unpaired) electrons. The Morgan fingerprint density at radius 2 is 1.91 bits per heavy atom. The molecule has 0 atom stereocenters. The lowest BCUT2D eigenvalue weighted by molar-refractivity contribution is -0.384. The minimum atomic E-state index is -0.739. The molecule has 4 rings (SSSR count). The molecule has 0 saturated carbocycles. The van der Waals surface area contributed by atoms with Gasteiger partial charge in [-0.3, -0.25) is 10.1 Å². The van der Waals surface area contributed by atoms with Crippen LogP contribution in [-0.2, 0) is 9.53 Å². The van der Waals surface area contributed by atoms with E-state index in [4.69, 9.17) is 13.9 Å². The zero-order valence-electron chi connectivity index (χ0n) is 15.8. The van der Waals surface area contributed by atoms with Gasteiger partial charge >= 0.3 is 11.9 Å². The Balaban J connectivity index is 1.67. The SMILES string of the molecule is O=C1OC(c2ccco2)=N/C1=C/c1cc(Br)cc(Br)c1OC(=O)c1ccc([N+](=O)[O-])cc1. The molecule has 0 bridgehead atoms. The second kappa shape index (κ2) is 8.89. The largest absolute Gasteiger partial charge is 0.459 e. The number of nitro benzene ring substituents is 1. The fourth-order valence-corrected chi connectivity index (χ4v) is 4.07. The summed E-state index contributed by atoms with van der Waals surface area (Å²) in [6.45, 7) is 0. The Bertz CT molecular complexity index is 1300. The minimum Gasteiger partial charge on any atom is -0.459 e. The van der Waals surface area contributed by atoms with E-state index >= 15 is 0 Å². The van der Waals surface area contributed by atoms with Crippen molar-refractivity contribution in [2.75, 3.05) is 0 Å². The number of ether oxygens (including phenoxy) is 2. The van der Waals surface area contributed by atoms with Gasteiger partial charge in [0.25, 0.3) is 11.6 Å². The fraction of sp³-hybridized carbons (Fsp3) is 0. The zero-order chi connectivity index (χ0) is 22.8. The predicted molar refractivity (Wildman–Crippen MR) is 119 cm³/mol. The van der Waals surface area contributed by atoms with Crippen LogP contribution in [0.3, 0.4) is 0 Å². The lowest BCUT2D eigenvalue weighted by atomic mass is 10.1. The third-order valence-corrected chi connectivity index (χ3v) is 5.24. The first-order valence-corrected chi connectivity index (χ1v) is 10.4. The van der Waals surface area contributed by atoms with Gasteiger partial charge in [0.2, 0.25) is 0 Å². The Hall–Kier alpha value is -3.57. The molecule has 32 heavy (non-hydrogen) atoms. The number of esters is 2. The molecular weight excluding hydrogens is 552 g/mol. The van der Waals surface area contributed by atoms with E-state index in [1.807, 2.05) is 0 Å². The van der Waals surface area contributed by atoms with E-state index < -0.39 is 16.9 Å². The molecule has 9 nitrogen and oxygen atoms in total. The summed E-state index contributed by atoms with van der Waals surface area (Å²) in [4.78, 5) is 39.3. The minimum absolute atomic E-state index is 0.0183. The number of hydrogen-bond acceptors (Lipinski definition) is 8. The van der Waals surface area contributed by atoms with Crippen LogP contribution in [0.15, 0.2) is 78.8 Å². The van der Waals surface area contributed by atoms with Gasteiger partial charge in [-0.15, -0.1) is 0 Å². The number of carbonyl (C=O) groups excluding carboxylic acids is 2. The predicted octanol–water partition coefficient (Wildman–Crippen LogP) is 5.28. The standard InChI is InChI=1S/C21H10Br2N2O7/c22-13-8-12(9-16-21(27)32-19(24-16)17-2-1-7-30-17)18(15(23)10-13)31-20(26)11-3-5-14(6-4-11)25(28)29/h1-10H/b16-9+. The topological polar surface area (TPSA) is 121 Å². The molecule has 1 aliphatic heterocycles. The number of nitrogens with zero attached hydrogens (tertiary/aromatic N) is 2. The van der Waals surface area contributed by atoms with Crippen LogP contribution in [0.4, 0.5) is 5.69 Å². The summed E-state index contributed by atoms with van der Waals surface area (Å²) in [5, 5.41) is 10.8. The number of carbonyl (C=O) groups is 2. The Morgan fingerprint density at radius 3 is 2.56 bits per heavy atom. The van der Waals surface area contributed by atoms with Crippen molar-refractivity contribution in [2.45, 2.75) is 0 Å². The van der Waals surface area contributed by atoms with Crippen LogP contribution in [0.25, 0.3) is 6.08 Å². The van der Waals surface area contributed by atoms with Gasteiger partial charge < -0.3 is 13.9 Å². The Kier molecular flexibility index (Phi) is 6.01. The van der Waals surface area contributed by atoms with E-state index in [0.717, 1.165) is 0 Å². The summed E-state index contributed by atoms with van der Waals surface area (Å²) in [7, 11) is 0. The molecule has 0 fully saturated rings. The van der Waals surface area contributed by atoms with E-state index in [1.54, 1.807) is 24.3 Å². The zero-order valence-corrected chi connectivity index (χ0v) is 19.0. The second-order valence-electron chi connectivity index (χ2n) is 6.31. The van der Waals surface area contributed by atoms with Gasteiger partial charge in [0.05, 0.1) is 21.2 Å². The van der Waals surface area contributed by atoms with Crippen LogP contribution >= 0.6 is 31.9 Å². The van der Waals surface area contributed by atoms with E-state index in [2.05, 4.69) is 36.9 Å². The van der Waals surface area contributed by atoms with Crippen LogP contribution < -0.4 is 4.74 Å². The molecule has 11 heteroatoms. The summed E-state index contributed by atoms with van der Waals surface area (Å²) >= 11 is 6.70. The van der Waals surface area contributed by atoms with Gasteiger partial charge in [-0.1, -0.05) is 15.9 Å². The highest BCUT2D eigenvalue weighted by molar-refractivity contribution is 9.11.